The second-order valence-electron chi connectivity index (χ2n) is 5.60. The van der Waals surface area contributed by atoms with E-state index in [1.807, 2.05) is 29.2 Å². The number of nitrogens with zero attached hydrogens (tertiary/aromatic N) is 5. The quantitative estimate of drug-likeness (QED) is 0.909. The topological polar surface area (TPSA) is 72.9 Å². The van der Waals surface area contributed by atoms with Crippen LogP contribution in [0, 0.1) is 5.92 Å². The van der Waals surface area contributed by atoms with Gasteiger partial charge in [-0.1, -0.05) is 18.2 Å². The lowest BCUT2D eigenvalue weighted by atomic mass is 10.1. The number of hydrogen-bond donors (Lipinski definition) is 1. The first kappa shape index (κ1) is 15.9. The second-order valence-corrected chi connectivity index (χ2v) is 5.60. The van der Waals surface area contributed by atoms with Crippen LogP contribution in [0.25, 0.3) is 0 Å². The summed E-state index contributed by atoms with van der Waals surface area (Å²) >= 11 is 0. The Balaban J connectivity index is 0.00000161. The Morgan fingerprint density at radius 2 is 2.19 bits per heavy atom. The van der Waals surface area contributed by atoms with Gasteiger partial charge >= 0.3 is 0 Å². The average molecular weight is 309 g/mol. The van der Waals surface area contributed by atoms with Crippen molar-refractivity contribution < 1.29 is 0 Å². The molecule has 2 aromatic rings. The van der Waals surface area contributed by atoms with E-state index in [9.17, 15) is 0 Å². The van der Waals surface area contributed by atoms with Crippen LogP contribution in [0.1, 0.15) is 18.2 Å². The Kier molecular flexibility index (Phi) is 5.27. The SMILES string of the molecule is CC1CN(Cc2cn(Cc3cccnc3)nn2)CC1N.Cl. The minimum Gasteiger partial charge on any atom is -0.326 e. The van der Waals surface area contributed by atoms with Gasteiger partial charge in [0.25, 0.3) is 0 Å². The lowest BCUT2D eigenvalue weighted by Crippen LogP contribution is -2.28. The number of likely N-dealkylation sites (tertiary alicyclic amines) is 1. The smallest absolute Gasteiger partial charge is 0.0967 e. The fourth-order valence-electron chi connectivity index (χ4n) is 2.62. The van der Waals surface area contributed by atoms with Crippen LogP contribution in [-0.2, 0) is 13.1 Å². The third kappa shape index (κ3) is 4.00. The van der Waals surface area contributed by atoms with Gasteiger partial charge in [-0.05, 0) is 17.5 Å². The number of pyridine rings is 1. The largest absolute Gasteiger partial charge is 0.326 e. The van der Waals surface area contributed by atoms with E-state index >= 15 is 0 Å². The summed E-state index contributed by atoms with van der Waals surface area (Å²) in [6.07, 6.45) is 5.62. The highest BCUT2D eigenvalue weighted by Crippen LogP contribution is 2.16. The summed E-state index contributed by atoms with van der Waals surface area (Å²) in [4.78, 5) is 6.44. The molecule has 3 rings (SSSR count). The van der Waals surface area contributed by atoms with Crippen LogP contribution in [0.4, 0.5) is 0 Å². The van der Waals surface area contributed by atoms with Crippen molar-refractivity contribution in [1.29, 1.82) is 0 Å². The number of aromatic nitrogens is 4. The maximum atomic E-state index is 6.04. The molecule has 114 valence electrons. The van der Waals surface area contributed by atoms with E-state index in [1.165, 1.54) is 0 Å². The van der Waals surface area contributed by atoms with Gasteiger partial charge in [-0.15, -0.1) is 17.5 Å². The number of halogens is 1. The number of nitrogens with two attached hydrogens (primary N) is 1. The van der Waals surface area contributed by atoms with E-state index in [-0.39, 0.29) is 18.4 Å². The van der Waals surface area contributed by atoms with Crippen molar-refractivity contribution in [1.82, 2.24) is 24.9 Å². The normalized spacial score (nSPS) is 22.2. The van der Waals surface area contributed by atoms with Gasteiger partial charge in [0.1, 0.15) is 0 Å². The van der Waals surface area contributed by atoms with Crippen molar-refractivity contribution >= 4 is 12.4 Å². The molecule has 2 unspecified atom stereocenters. The monoisotopic (exact) mass is 308 g/mol. The standard InChI is InChI=1S/C14H20N6.ClH/c1-11-6-19(10-14(11)15)8-13-9-20(18-17-13)7-12-3-2-4-16-5-12;/h2-5,9,11,14H,6-8,10,15H2,1H3;1H. The van der Waals surface area contributed by atoms with Crippen LogP contribution < -0.4 is 5.73 Å². The zero-order valence-electron chi connectivity index (χ0n) is 12.1. The predicted octanol–water partition coefficient (Wildman–Crippen LogP) is 0.922. The lowest BCUT2D eigenvalue weighted by molar-refractivity contribution is 0.315. The number of hydrogen-bond acceptors (Lipinski definition) is 5. The van der Waals surface area contributed by atoms with Crippen LogP contribution in [0.2, 0.25) is 0 Å². The van der Waals surface area contributed by atoms with Crippen molar-refractivity contribution in [2.75, 3.05) is 13.1 Å². The van der Waals surface area contributed by atoms with E-state index in [2.05, 4.69) is 27.1 Å². The molecule has 2 N–H and O–H groups in total. The van der Waals surface area contributed by atoms with Crippen LogP contribution in [0.5, 0.6) is 0 Å². The second kappa shape index (κ2) is 6.98. The Morgan fingerprint density at radius 3 is 2.86 bits per heavy atom. The Bertz CT molecular complexity index is 548. The van der Waals surface area contributed by atoms with Crippen molar-refractivity contribution in [2.24, 2.45) is 11.7 Å². The molecule has 7 heteroatoms. The third-order valence-corrected chi connectivity index (χ3v) is 3.79. The molecule has 6 nitrogen and oxygen atoms in total. The van der Waals surface area contributed by atoms with Gasteiger partial charge in [-0.2, -0.15) is 0 Å². The maximum absolute atomic E-state index is 6.04. The van der Waals surface area contributed by atoms with E-state index in [4.69, 9.17) is 5.73 Å². The molecular weight excluding hydrogens is 288 g/mol. The van der Waals surface area contributed by atoms with Crippen molar-refractivity contribution in [3.63, 3.8) is 0 Å². The van der Waals surface area contributed by atoms with Gasteiger partial charge in [0.2, 0.25) is 0 Å². The molecule has 0 radical (unpaired) electrons. The lowest BCUT2D eigenvalue weighted by Gasteiger charge is -2.12. The van der Waals surface area contributed by atoms with Crippen LogP contribution >= 0.6 is 12.4 Å². The van der Waals surface area contributed by atoms with E-state index in [1.54, 1.807) is 6.20 Å². The Hall–Kier alpha value is -1.50. The molecule has 1 aliphatic heterocycles. The summed E-state index contributed by atoms with van der Waals surface area (Å²) in [7, 11) is 0. The first-order valence-corrected chi connectivity index (χ1v) is 6.96. The van der Waals surface area contributed by atoms with Gasteiger partial charge in [0.05, 0.1) is 18.4 Å². The van der Waals surface area contributed by atoms with Crippen LogP contribution in [0.3, 0.4) is 0 Å². The van der Waals surface area contributed by atoms with Gasteiger partial charge < -0.3 is 5.73 Å². The molecule has 1 saturated heterocycles. The zero-order valence-corrected chi connectivity index (χ0v) is 12.9. The molecule has 0 spiro atoms. The molecular formula is C14H21ClN6. The molecule has 0 bridgehead atoms. The molecule has 3 heterocycles. The van der Waals surface area contributed by atoms with Gasteiger partial charge in [0, 0.05) is 38.1 Å². The molecule has 0 amide bonds. The highest BCUT2D eigenvalue weighted by atomic mass is 35.5. The fourth-order valence-corrected chi connectivity index (χ4v) is 2.62. The van der Waals surface area contributed by atoms with E-state index in [0.29, 0.717) is 12.5 Å². The molecule has 2 aromatic heterocycles. The summed E-state index contributed by atoms with van der Waals surface area (Å²) < 4.78 is 1.85. The minimum absolute atomic E-state index is 0. The zero-order chi connectivity index (χ0) is 13.9. The van der Waals surface area contributed by atoms with Crippen molar-refractivity contribution in [3.8, 4) is 0 Å². The fraction of sp³-hybridized carbons (Fsp3) is 0.500. The predicted molar refractivity (Wildman–Crippen MR) is 83.0 cm³/mol. The third-order valence-electron chi connectivity index (χ3n) is 3.79. The molecule has 2 atom stereocenters. The minimum atomic E-state index is 0. The molecule has 21 heavy (non-hydrogen) atoms. The van der Waals surface area contributed by atoms with Crippen LogP contribution in [0.15, 0.2) is 30.7 Å². The van der Waals surface area contributed by atoms with Gasteiger partial charge in [-0.25, -0.2) is 4.68 Å². The molecule has 0 aliphatic carbocycles. The van der Waals surface area contributed by atoms with Crippen LogP contribution in [-0.4, -0.2) is 44.0 Å². The summed E-state index contributed by atoms with van der Waals surface area (Å²) in [6.45, 7) is 5.71. The Labute approximate surface area is 130 Å². The first-order chi connectivity index (χ1) is 9.70. The highest BCUT2D eigenvalue weighted by Gasteiger charge is 2.26. The van der Waals surface area contributed by atoms with Crippen molar-refractivity contribution in [2.45, 2.75) is 26.1 Å². The average Bonchev–Trinajstić information content (AvgIpc) is 2.99. The number of rotatable bonds is 4. The summed E-state index contributed by atoms with van der Waals surface area (Å²) in [5.74, 6) is 0.556. The van der Waals surface area contributed by atoms with Crippen molar-refractivity contribution in [3.05, 3.63) is 42.0 Å². The Morgan fingerprint density at radius 1 is 1.33 bits per heavy atom. The van der Waals surface area contributed by atoms with Gasteiger partial charge in [-0.3, -0.25) is 9.88 Å². The summed E-state index contributed by atoms with van der Waals surface area (Å²) in [6, 6.07) is 4.25. The molecule has 0 aromatic carbocycles. The van der Waals surface area contributed by atoms with E-state index < -0.39 is 0 Å². The first-order valence-electron chi connectivity index (χ1n) is 6.96. The highest BCUT2D eigenvalue weighted by molar-refractivity contribution is 5.85. The summed E-state index contributed by atoms with van der Waals surface area (Å²) in [5, 5.41) is 8.41. The van der Waals surface area contributed by atoms with Gasteiger partial charge in [0.15, 0.2) is 0 Å². The summed E-state index contributed by atoms with van der Waals surface area (Å²) in [5.41, 5.74) is 8.16. The molecule has 0 saturated carbocycles. The maximum Gasteiger partial charge on any atom is 0.0967 e. The van der Waals surface area contributed by atoms with E-state index in [0.717, 1.165) is 30.9 Å². The molecule has 1 fully saturated rings. The molecule has 1 aliphatic rings.